The van der Waals surface area contributed by atoms with Crippen molar-refractivity contribution >= 4 is 11.3 Å². The van der Waals surface area contributed by atoms with E-state index in [9.17, 15) is 10.1 Å². The highest BCUT2D eigenvalue weighted by Crippen LogP contribution is 2.41. The molecular formula is C18H17NO4. The fraction of sp³-hybridized carbons (Fsp3) is 0.222. The molecular weight excluding hydrogens is 294 g/mol. The van der Waals surface area contributed by atoms with E-state index in [0.717, 1.165) is 16.7 Å². The molecule has 0 unspecified atom stereocenters. The van der Waals surface area contributed by atoms with Gasteiger partial charge in [-0.25, -0.2) is 0 Å². The van der Waals surface area contributed by atoms with Crippen LogP contribution in [-0.4, -0.2) is 24.9 Å². The summed E-state index contributed by atoms with van der Waals surface area (Å²) in [6.45, 7) is 0. The Balaban J connectivity index is 2.27. The number of nitro groups is 1. The number of hydrogen-bond donors (Lipinski definition) is 0. The molecule has 23 heavy (non-hydrogen) atoms. The average molecular weight is 311 g/mol. The smallest absolute Gasteiger partial charge is 0.273 e. The van der Waals surface area contributed by atoms with Crippen molar-refractivity contribution in [2.24, 2.45) is 0 Å². The summed E-state index contributed by atoms with van der Waals surface area (Å²) in [4.78, 5) is 11.0. The van der Waals surface area contributed by atoms with Gasteiger partial charge in [0, 0.05) is 32.3 Å². The van der Waals surface area contributed by atoms with Crippen LogP contribution in [0.5, 0.6) is 0 Å². The number of fused-ring (bicyclic) bond motifs is 1. The molecule has 5 nitrogen and oxygen atoms in total. The van der Waals surface area contributed by atoms with E-state index in [4.69, 9.17) is 9.47 Å². The Morgan fingerprint density at radius 3 is 2.35 bits per heavy atom. The van der Waals surface area contributed by atoms with Gasteiger partial charge >= 0.3 is 0 Å². The number of methoxy groups -OCH3 is 2. The molecule has 1 aliphatic carbocycles. The van der Waals surface area contributed by atoms with Crippen LogP contribution in [0.2, 0.25) is 0 Å². The fourth-order valence-electron chi connectivity index (χ4n) is 2.98. The van der Waals surface area contributed by atoms with E-state index >= 15 is 0 Å². The number of nitrogens with zero attached hydrogens (tertiary/aromatic N) is 1. The van der Waals surface area contributed by atoms with E-state index in [1.165, 1.54) is 6.07 Å². The molecule has 0 aliphatic heterocycles. The first-order valence-electron chi connectivity index (χ1n) is 7.25. The molecule has 0 saturated heterocycles. The third-order valence-corrected chi connectivity index (χ3v) is 4.20. The van der Waals surface area contributed by atoms with E-state index < -0.39 is 5.79 Å². The van der Waals surface area contributed by atoms with Gasteiger partial charge in [0.05, 0.1) is 4.92 Å². The summed E-state index contributed by atoms with van der Waals surface area (Å²) in [6, 6.07) is 14.9. The van der Waals surface area contributed by atoms with Gasteiger partial charge in [-0.1, -0.05) is 42.5 Å². The molecule has 0 radical (unpaired) electrons. The fourth-order valence-corrected chi connectivity index (χ4v) is 2.98. The molecule has 0 N–H and O–H groups in total. The molecule has 0 bridgehead atoms. The van der Waals surface area contributed by atoms with E-state index in [1.54, 1.807) is 20.3 Å². The molecule has 2 aromatic rings. The van der Waals surface area contributed by atoms with E-state index in [-0.39, 0.29) is 10.6 Å². The second-order valence-electron chi connectivity index (χ2n) is 5.38. The summed E-state index contributed by atoms with van der Waals surface area (Å²) in [5.41, 5.74) is 3.40. The summed E-state index contributed by atoms with van der Waals surface area (Å²) in [5, 5.41) is 11.4. The molecule has 5 heteroatoms. The predicted molar refractivity (Wildman–Crippen MR) is 87.1 cm³/mol. The zero-order valence-electron chi connectivity index (χ0n) is 13.0. The van der Waals surface area contributed by atoms with E-state index in [2.05, 4.69) is 0 Å². The van der Waals surface area contributed by atoms with Crippen LogP contribution in [0, 0.1) is 10.1 Å². The van der Waals surface area contributed by atoms with Crippen LogP contribution in [0.4, 0.5) is 5.69 Å². The highest BCUT2D eigenvalue weighted by Gasteiger charge is 2.37. The lowest BCUT2D eigenvalue weighted by Gasteiger charge is -2.33. The number of hydrogen-bond acceptors (Lipinski definition) is 4. The zero-order chi connectivity index (χ0) is 16.4. The maximum Gasteiger partial charge on any atom is 0.273 e. The first-order chi connectivity index (χ1) is 11.1. The lowest BCUT2D eigenvalue weighted by Crippen LogP contribution is -2.37. The first-order valence-corrected chi connectivity index (χ1v) is 7.25. The lowest BCUT2D eigenvalue weighted by atomic mass is 9.83. The Labute approximate surface area is 134 Å². The molecule has 0 amide bonds. The molecule has 3 rings (SSSR count). The van der Waals surface area contributed by atoms with Crippen molar-refractivity contribution in [3.8, 4) is 0 Å². The van der Waals surface area contributed by atoms with Crippen LogP contribution in [0.25, 0.3) is 5.57 Å². The second kappa shape index (κ2) is 5.95. The number of rotatable bonds is 4. The Bertz CT molecular complexity index is 764. The van der Waals surface area contributed by atoms with E-state index in [0.29, 0.717) is 12.0 Å². The van der Waals surface area contributed by atoms with Crippen LogP contribution in [0.1, 0.15) is 16.7 Å². The number of benzene rings is 2. The minimum absolute atomic E-state index is 0.0857. The van der Waals surface area contributed by atoms with Gasteiger partial charge in [-0.05, 0) is 22.8 Å². The average Bonchev–Trinajstić information content (AvgIpc) is 2.60. The molecule has 0 atom stereocenters. The van der Waals surface area contributed by atoms with Crippen LogP contribution < -0.4 is 0 Å². The molecule has 0 fully saturated rings. The van der Waals surface area contributed by atoms with Gasteiger partial charge in [0.25, 0.3) is 5.69 Å². The van der Waals surface area contributed by atoms with Gasteiger partial charge in [-0.15, -0.1) is 0 Å². The zero-order valence-corrected chi connectivity index (χ0v) is 13.0. The number of nitro benzene ring substituents is 1. The first kappa shape index (κ1) is 15.4. The summed E-state index contributed by atoms with van der Waals surface area (Å²) < 4.78 is 11.1. The number of ether oxygens (including phenoxy) is 2. The Kier molecular flexibility index (Phi) is 3.98. The summed E-state index contributed by atoms with van der Waals surface area (Å²) in [5.74, 6) is -1.01. The SMILES string of the molecule is COC1(OC)C=C(c2ccccc2)c2cccc([N+](=O)[O-])c2C1. The lowest BCUT2D eigenvalue weighted by molar-refractivity contribution is -0.386. The van der Waals surface area contributed by atoms with Crippen molar-refractivity contribution in [1.29, 1.82) is 0 Å². The highest BCUT2D eigenvalue weighted by atomic mass is 16.7. The Hall–Kier alpha value is -2.50. The topological polar surface area (TPSA) is 61.6 Å². The second-order valence-corrected chi connectivity index (χ2v) is 5.38. The van der Waals surface area contributed by atoms with Gasteiger partial charge in [-0.3, -0.25) is 10.1 Å². The normalized spacial score (nSPS) is 15.7. The predicted octanol–water partition coefficient (Wildman–Crippen LogP) is 3.57. The molecule has 118 valence electrons. The maximum absolute atomic E-state index is 11.4. The summed E-state index contributed by atoms with van der Waals surface area (Å²) in [6.07, 6.45) is 2.19. The van der Waals surface area contributed by atoms with Gasteiger partial charge in [-0.2, -0.15) is 0 Å². The van der Waals surface area contributed by atoms with Crippen molar-refractivity contribution in [3.05, 3.63) is 81.4 Å². The van der Waals surface area contributed by atoms with Gasteiger partial charge in [0.2, 0.25) is 0 Å². The molecule has 0 aromatic heterocycles. The molecule has 0 spiro atoms. The molecule has 0 heterocycles. The summed E-state index contributed by atoms with van der Waals surface area (Å²) >= 11 is 0. The largest absolute Gasteiger partial charge is 0.349 e. The quantitative estimate of drug-likeness (QED) is 0.492. The van der Waals surface area contributed by atoms with Crippen molar-refractivity contribution in [2.45, 2.75) is 12.2 Å². The highest BCUT2D eigenvalue weighted by molar-refractivity contribution is 5.85. The van der Waals surface area contributed by atoms with Crippen LogP contribution >= 0.6 is 0 Å². The molecule has 2 aromatic carbocycles. The Morgan fingerprint density at radius 2 is 1.74 bits per heavy atom. The standard InChI is InChI=1S/C18H17NO4/c1-22-18(23-2)11-15(13-7-4-3-5-8-13)14-9-6-10-17(19(20)21)16(14)12-18/h3-11H,12H2,1-2H3. The van der Waals surface area contributed by atoms with Crippen molar-refractivity contribution in [3.63, 3.8) is 0 Å². The van der Waals surface area contributed by atoms with Crippen molar-refractivity contribution in [1.82, 2.24) is 0 Å². The van der Waals surface area contributed by atoms with Gasteiger partial charge in [0.15, 0.2) is 5.79 Å². The molecule has 1 aliphatic rings. The van der Waals surface area contributed by atoms with Gasteiger partial charge in [0.1, 0.15) is 0 Å². The monoisotopic (exact) mass is 311 g/mol. The van der Waals surface area contributed by atoms with Crippen LogP contribution in [0.15, 0.2) is 54.6 Å². The van der Waals surface area contributed by atoms with Crippen LogP contribution in [-0.2, 0) is 15.9 Å². The Morgan fingerprint density at radius 1 is 1.04 bits per heavy atom. The van der Waals surface area contributed by atoms with Crippen LogP contribution in [0.3, 0.4) is 0 Å². The third kappa shape index (κ3) is 2.65. The minimum Gasteiger partial charge on any atom is -0.349 e. The van der Waals surface area contributed by atoms with Crippen molar-refractivity contribution in [2.75, 3.05) is 14.2 Å². The minimum atomic E-state index is -1.01. The van der Waals surface area contributed by atoms with E-state index in [1.807, 2.05) is 42.5 Å². The van der Waals surface area contributed by atoms with Crippen molar-refractivity contribution < 1.29 is 14.4 Å². The summed E-state index contributed by atoms with van der Waals surface area (Å²) in [7, 11) is 3.09. The maximum atomic E-state index is 11.4. The van der Waals surface area contributed by atoms with Gasteiger partial charge < -0.3 is 9.47 Å². The molecule has 0 saturated carbocycles. The third-order valence-electron chi connectivity index (χ3n) is 4.20.